The Morgan fingerprint density at radius 2 is 2.09 bits per heavy atom. The molecule has 2 N–H and O–H groups in total. The van der Waals surface area contributed by atoms with Gasteiger partial charge < -0.3 is 25.2 Å². The summed E-state index contributed by atoms with van der Waals surface area (Å²) in [6.07, 6.45) is 2.25. The van der Waals surface area contributed by atoms with Gasteiger partial charge in [0.1, 0.15) is 11.9 Å². The van der Waals surface area contributed by atoms with Gasteiger partial charge in [-0.25, -0.2) is 9.78 Å². The fourth-order valence-corrected chi connectivity index (χ4v) is 2.72. The maximum Gasteiger partial charge on any atom is 0.319 e. The molecule has 0 spiro atoms. The summed E-state index contributed by atoms with van der Waals surface area (Å²) in [5.41, 5.74) is 0.596. The largest absolute Gasteiger partial charge is 0.378 e. The van der Waals surface area contributed by atoms with E-state index in [1.165, 1.54) is 0 Å². The first-order valence-electron chi connectivity index (χ1n) is 7.75. The monoisotopic (exact) mass is 319 g/mol. The van der Waals surface area contributed by atoms with Crippen molar-refractivity contribution in [3.05, 3.63) is 18.3 Å². The van der Waals surface area contributed by atoms with E-state index in [4.69, 9.17) is 4.74 Å². The SMILES string of the molecule is CN1CCC(NC(=O)Nc2ccc(N3CCOCC3)nc2)C1=O. The van der Waals surface area contributed by atoms with E-state index >= 15 is 0 Å². The zero-order chi connectivity index (χ0) is 16.2. The summed E-state index contributed by atoms with van der Waals surface area (Å²) in [7, 11) is 1.73. The predicted octanol–water partition coefficient (Wildman–Crippen LogP) is 0.270. The Hall–Kier alpha value is -2.35. The molecular formula is C15H21N5O3. The van der Waals surface area contributed by atoms with E-state index < -0.39 is 6.04 Å². The van der Waals surface area contributed by atoms with E-state index in [0.717, 1.165) is 18.9 Å². The van der Waals surface area contributed by atoms with Gasteiger partial charge in [0.15, 0.2) is 0 Å². The molecule has 2 aliphatic rings. The number of urea groups is 1. The van der Waals surface area contributed by atoms with Crippen LogP contribution in [0.25, 0.3) is 0 Å². The molecule has 1 unspecified atom stereocenters. The maximum atomic E-state index is 12.0. The highest BCUT2D eigenvalue weighted by Crippen LogP contribution is 2.15. The first-order chi connectivity index (χ1) is 11.1. The van der Waals surface area contributed by atoms with Crippen LogP contribution in [0.4, 0.5) is 16.3 Å². The molecule has 3 heterocycles. The minimum Gasteiger partial charge on any atom is -0.378 e. The number of rotatable bonds is 3. The van der Waals surface area contributed by atoms with Gasteiger partial charge in [-0.2, -0.15) is 0 Å². The van der Waals surface area contributed by atoms with Gasteiger partial charge in [-0.05, 0) is 18.6 Å². The number of amides is 3. The molecule has 0 radical (unpaired) electrons. The van der Waals surface area contributed by atoms with Crippen LogP contribution >= 0.6 is 0 Å². The number of anilines is 2. The number of aromatic nitrogens is 1. The summed E-state index contributed by atoms with van der Waals surface area (Å²) in [5.74, 6) is 0.813. The number of morpholine rings is 1. The highest BCUT2D eigenvalue weighted by Gasteiger charge is 2.30. The first-order valence-corrected chi connectivity index (χ1v) is 7.75. The molecule has 23 heavy (non-hydrogen) atoms. The van der Waals surface area contributed by atoms with Crippen molar-refractivity contribution < 1.29 is 14.3 Å². The lowest BCUT2D eigenvalue weighted by atomic mass is 10.2. The Bertz CT molecular complexity index is 571. The average Bonchev–Trinajstić information content (AvgIpc) is 2.88. The molecule has 2 fully saturated rings. The Labute approximate surface area is 134 Å². The number of hydrogen-bond donors (Lipinski definition) is 2. The minimum absolute atomic E-state index is 0.0547. The number of ether oxygens (including phenoxy) is 1. The first kappa shape index (κ1) is 15.5. The molecule has 3 rings (SSSR count). The number of nitrogens with zero attached hydrogens (tertiary/aromatic N) is 3. The van der Waals surface area contributed by atoms with Gasteiger partial charge in [-0.1, -0.05) is 0 Å². The van der Waals surface area contributed by atoms with Crippen LogP contribution in [-0.4, -0.2) is 67.8 Å². The fraction of sp³-hybridized carbons (Fsp3) is 0.533. The van der Waals surface area contributed by atoms with Gasteiger partial charge in [0.25, 0.3) is 0 Å². The predicted molar refractivity (Wildman–Crippen MR) is 85.5 cm³/mol. The molecule has 3 amide bonds. The molecule has 2 saturated heterocycles. The number of nitrogens with one attached hydrogen (secondary N) is 2. The molecule has 0 aromatic carbocycles. The highest BCUT2D eigenvalue weighted by molar-refractivity contribution is 5.94. The molecule has 124 valence electrons. The van der Waals surface area contributed by atoms with Crippen LogP contribution in [-0.2, 0) is 9.53 Å². The van der Waals surface area contributed by atoms with E-state index in [9.17, 15) is 9.59 Å². The summed E-state index contributed by atoms with van der Waals surface area (Å²) >= 11 is 0. The zero-order valence-electron chi connectivity index (χ0n) is 13.1. The van der Waals surface area contributed by atoms with Crippen LogP contribution in [0.2, 0.25) is 0 Å². The lowest BCUT2D eigenvalue weighted by Crippen LogP contribution is -2.42. The number of likely N-dealkylation sites (N-methyl/N-ethyl adjacent to an activating group) is 1. The maximum absolute atomic E-state index is 12.0. The third-order valence-corrected chi connectivity index (χ3v) is 4.07. The molecular weight excluding hydrogens is 298 g/mol. The third kappa shape index (κ3) is 3.70. The standard InChI is InChI=1S/C15H21N5O3/c1-19-5-4-12(14(19)21)18-15(22)17-11-2-3-13(16-10-11)20-6-8-23-9-7-20/h2-3,10,12H,4-9H2,1H3,(H2,17,18,22). The number of carbonyl (C=O) groups excluding carboxylic acids is 2. The molecule has 1 aromatic heterocycles. The molecule has 8 heteroatoms. The van der Waals surface area contributed by atoms with Crippen molar-refractivity contribution in [3.8, 4) is 0 Å². The van der Waals surface area contributed by atoms with Gasteiger partial charge in [0, 0.05) is 26.7 Å². The van der Waals surface area contributed by atoms with Crippen molar-refractivity contribution >= 4 is 23.4 Å². The topological polar surface area (TPSA) is 86.8 Å². The molecule has 0 aliphatic carbocycles. The smallest absolute Gasteiger partial charge is 0.319 e. The van der Waals surface area contributed by atoms with Gasteiger partial charge >= 0.3 is 6.03 Å². The normalized spacial score (nSPS) is 21.4. The Balaban J connectivity index is 1.53. The second kappa shape index (κ2) is 6.82. The Morgan fingerprint density at radius 3 is 2.70 bits per heavy atom. The van der Waals surface area contributed by atoms with Crippen molar-refractivity contribution in [2.45, 2.75) is 12.5 Å². The molecule has 0 saturated carbocycles. The van der Waals surface area contributed by atoms with E-state index in [-0.39, 0.29) is 11.9 Å². The summed E-state index contributed by atoms with van der Waals surface area (Å²) < 4.78 is 5.31. The lowest BCUT2D eigenvalue weighted by molar-refractivity contribution is -0.128. The molecule has 0 bridgehead atoms. The van der Waals surface area contributed by atoms with Crippen LogP contribution in [0.5, 0.6) is 0 Å². The van der Waals surface area contributed by atoms with Crippen LogP contribution in [0.1, 0.15) is 6.42 Å². The van der Waals surface area contributed by atoms with E-state index in [1.807, 2.05) is 6.07 Å². The van der Waals surface area contributed by atoms with Crippen molar-refractivity contribution in [3.63, 3.8) is 0 Å². The molecule has 8 nitrogen and oxygen atoms in total. The minimum atomic E-state index is -0.444. The second-order valence-electron chi connectivity index (χ2n) is 5.70. The number of likely N-dealkylation sites (tertiary alicyclic amines) is 1. The summed E-state index contributed by atoms with van der Waals surface area (Å²) in [6, 6.07) is 2.84. The average molecular weight is 319 g/mol. The number of carbonyl (C=O) groups is 2. The van der Waals surface area contributed by atoms with Crippen LogP contribution in [0.3, 0.4) is 0 Å². The van der Waals surface area contributed by atoms with Gasteiger partial charge in [-0.3, -0.25) is 4.79 Å². The van der Waals surface area contributed by atoms with Crippen LogP contribution in [0.15, 0.2) is 18.3 Å². The van der Waals surface area contributed by atoms with E-state index in [1.54, 1.807) is 24.2 Å². The summed E-state index contributed by atoms with van der Waals surface area (Å²) in [4.78, 5) is 31.8. The van der Waals surface area contributed by atoms with E-state index in [2.05, 4.69) is 20.5 Å². The molecule has 2 aliphatic heterocycles. The van der Waals surface area contributed by atoms with Gasteiger partial charge in [0.2, 0.25) is 5.91 Å². The van der Waals surface area contributed by atoms with Gasteiger partial charge in [-0.15, -0.1) is 0 Å². The third-order valence-electron chi connectivity index (χ3n) is 4.07. The van der Waals surface area contributed by atoms with Crippen molar-refractivity contribution in [1.29, 1.82) is 0 Å². The number of pyridine rings is 1. The second-order valence-corrected chi connectivity index (χ2v) is 5.70. The fourth-order valence-electron chi connectivity index (χ4n) is 2.72. The molecule has 1 aromatic rings. The van der Waals surface area contributed by atoms with Crippen molar-refractivity contribution in [1.82, 2.24) is 15.2 Å². The van der Waals surface area contributed by atoms with E-state index in [0.29, 0.717) is 31.9 Å². The van der Waals surface area contributed by atoms with Crippen molar-refractivity contribution in [2.24, 2.45) is 0 Å². The number of hydrogen-bond acceptors (Lipinski definition) is 5. The van der Waals surface area contributed by atoms with Gasteiger partial charge in [0.05, 0.1) is 25.1 Å². The highest BCUT2D eigenvalue weighted by atomic mass is 16.5. The Kier molecular flexibility index (Phi) is 4.61. The summed E-state index contributed by atoms with van der Waals surface area (Å²) in [5, 5.41) is 5.40. The quantitative estimate of drug-likeness (QED) is 0.835. The van der Waals surface area contributed by atoms with Crippen LogP contribution in [0, 0.1) is 0 Å². The lowest BCUT2D eigenvalue weighted by Gasteiger charge is -2.27. The van der Waals surface area contributed by atoms with Crippen molar-refractivity contribution in [2.75, 3.05) is 50.1 Å². The Morgan fingerprint density at radius 1 is 1.30 bits per heavy atom. The zero-order valence-corrected chi connectivity index (χ0v) is 13.1. The van der Waals surface area contributed by atoms with Crippen LogP contribution < -0.4 is 15.5 Å². The molecule has 1 atom stereocenters. The summed E-state index contributed by atoms with van der Waals surface area (Å²) in [6.45, 7) is 3.70.